The highest BCUT2D eigenvalue weighted by molar-refractivity contribution is 6.01. The summed E-state index contributed by atoms with van der Waals surface area (Å²) in [7, 11) is 0. The van der Waals surface area contributed by atoms with Gasteiger partial charge >= 0.3 is 0 Å². The van der Waals surface area contributed by atoms with Crippen LogP contribution in [0.1, 0.15) is 68.0 Å². The maximum Gasteiger partial charge on any atom is 0.287 e. The second-order valence-electron chi connectivity index (χ2n) is 11.3. The molecule has 0 unspecified atom stereocenters. The van der Waals surface area contributed by atoms with Crippen LogP contribution in [-0.4, -0.2) is 37.9 Å². The molecule has 2 aromatic heterocycles. The minimum atomic E-state index is -2.86. The van der Waals surface area contributed by atoms with Crippen LogP contribution in [0.15, 0.2) is 59.5 Å². The molecule has 2 saturated carbocycles. The van der Waals surface area contributed by atoms with Gasteiger partial charge in [-0.15, -0.1) is 6.42 Å². The van der Waals surface area contributed by atoms with Gasteiger partial charge in [-0.1, -0.05) is 31.0 Å². The molecule has 1 amide bonds. The van der Waals surface area contributed by atoms with Gasteiger partial charge in [0.15, 0.2) is 11.5 Å². The maximum atomic E-state index is 14.1. The molecule has 4 aromatic rings. The molecule has 1 N–H and O–H groups in total. The van der Waals surface area contributed by atoms with Crippen molar-refractivity contribution < 1.29 is 22.8 Å². The zero-order chi connectivity index (χ0) is 28.8. The lowest BCUT2D eigenvalue weighted by Crippen LogP contribution is -2.58. The van der Waals surface area contributed by atoms with Crippen molar-refractivity contribution in [2.75, 3.05) is 0 Å². The summed E-state index contributed by atoms with van der Waals surface area (Å²) in [5.41, 5.74) is 2.52. The highest BCUT2D eigenvalue weighted by Crippen LogP contribution is 2.50. The minimum absolute atomic E-state index is 0.0236. The topological polar surface area (TPSA) is 90.0 Å². The van der Waals surface area contributed by atoms with E-state index in [1.54, 1.807) is 17.1 Å². The van der Waals surface area contributed by atoms with Crippen LogP contribution in [0.25, 0.3) is 27.8 Å². The standard InChI is InChI=1S/C32H30F2N4O3/c1-3-21-15-22(7-8-25(21)38-20-35-19-36-38)23-5-6-24-17-27(41-26(24)16-23)29(40)37-31(11-13-32(33,34)14-12-31)28(39)18-30(4-2)9-10-30/h2,5-8,15-17,19-20H,3,9-14,18H2,1H3,(H,37,40). The first kappa shape index (κ1) is 26.9. The van der Waals surface area contributed by atoms with Crippen molar-refractivity contribution in [2.45, 2.75) is 69.8 Å². The molecule has 7 nitrogen and oxygen atoms in total. The third-order valence-electron chi connectivity index (χ3n) is 8.58. The molecule has 2 aliphatic carbocycles. The number of ketones is 1. The first-order valence-electron chi connectivity index (χ1n) is 13.9. The molecule has 41 heavy (non-hydrogen) atoms. The van der Waals surface area contributed by atoms with Crippen LogP contribution in [0, 0.1) is 17.8 Å². The average molecular weight is 557 g/mol. The van der Waals surface area contributed by atoms with E-state index in [4.69, 9.17) is 10.8 Å². The second-order valence-corrected chi connectivity index (χ2v) is 11.3. The molecule has 0 saturated heterocycles. The number of terminal acetylenes is 1. The number of hydrogen-bond acceptors (Lipinski definition) is 5. The Morgan fingerprint density at radius 2 is 1.78 bits per heavy atom. The smallest absolute Gasteiger partial charge is 0.287 e. The zero-order valence-corrected chi connectivity index (χ0v) is 22.8. The van der Waals surface area contributed by atoms with Crippen LogP contribution >= 0.6 is 0 Å². The Morgan fingerprint density at radius 1 is 1.05 bits per heavy atom. The summed E-state index contributed by atoms with van der Waals surface area (Å²) in [6.07, 6.45) is 9.90. The third kappa shape index (κ3) is 5.15. The summed E-state index contributed by atoms with van der Waals surface area (Å²) in [6, 6.07) is 13.4. The number of nitrogens with zero attached hydrogens (tertiary/aromatic N) is 3. The predicted molar refractivity (Wildman–Crippen MR) is 150 cm³/mol. The van der Waals surface area contributed by atoms with Gasteiger partial charge in [-0.25, -0.2) is 18.4 Å². The molecular weight excluding hydrogens is 526 g/mol. The number of alkyl halides is 2. The minimum Gasteiger partial charge on any atom is -0.451 e. The first-order valence-corrected chi connectivity index (χ1v) is 13.9. The van der Waals surface area contributed by atoms with Crippen LogP contribution < -0.4 is 5.32 Å². The van der Waals surface area contributed by atoms with E-state index < -0.39 is 35.6 Å². The number of rotatable bonds is 8. The molecule has 9 heteroatoms. The Labute approximate surface area is 236 Å². The number of aromatic nitrogens is 3. The predicted octanol–water partition coefficient (Wildman–Crippen LogP) is 6.29. The van der Waals surface area contributed by atoms with Gasteiger partial charge < -0.3 is 9.73 Å². The number of amides is 1. The lowest BCUT2D eigenvalue weighted by molar-refractivity contribution is -0.131. The SMILES string of the molecule is C#CC1(CC(=O)C2(NC(=O)c3cc4ccc(-c5ccc(-n6cncn6)c(CC)c5)cc4o3)CCC(F)(F)CC2)CC1. The summed E-state index contributed by atoms with van der Waals surface area (Å²) in [5, 5.41) is 7.75. The Kier molecular flexibility index (Phi) is 6.52. The van der Waals surface area contributed by atoms with E-state index >= 15 is 0 Å². The fraction of sp³-hybridized carbons (Fsp3) is 0.375. The maximum absolute atomic E-state index is 14.1. The third-order valence-corrected chi connectivity index (χ3v) is 8.58. The molecule has 2 heterocycles. The van der Waals surface area contributed by atoms with Gasteiger partial charge in [-0.05, 0) is 73.1 Å². The molecule has 2 fully saturated rings. The summed E-state index contributed by atoms with van der Waals surface area (Å²) in [5.74, 6) is -1.03. The van der Waals surface area contributed by atoms with Crippen molar-refractivity contribution in [3.8, 4) is 29.2 Å². The van der Waals surface area contributed by atoms with Crippen molar-refractivity contribution in [1.82, 2.24) is 20.1 Å². The van der Waals surface area contributed by atoms with Gasteiger partial charge in [0.05, 0.1) is 11.2 Å². The monoisotopic (exact) mass is 556 g/mol. The van der Waals surface area contributed by atoms with Gasteiger partial charge in [0.25, 0.3) is 5.91 Å². The first-order chi connectivity index (χ1) is 19.6. The highest BCUT2D eigenvalue weighted by Gasteiger charge is 2.52. The molecule has 0 aliphatic heterocycles. The van der Waals surface area contributed by atoms with E-state index in [9.17, 15) is 18.4 Å². The van der Waals surface area contributed by atoms with Crippen LogP contribution in [0.4, 0.5) is 8.78 Å². The van der Waals surface area contributed by atoms with Crippen molar-refractivity contribution in [3.05, 3.63) is 66.4 Å². The van der Waals surface area contributed by atoms with E-state index in [2.05, 4.69) is 34.3 Å². The number of Topliss-reactive ketones (excluding diaryl/α,β-unsaturated/α-hetero) is 1. The van der Waals surface area contributed by atoms with E-state index in [1.807, 2.05) is 30.3 Å². The van der Waals surface area contributed by atoms with E-state index in [0.29, 0.717) is 11.0 Å². The Morgan fingerprint density at radius 3 is 2.44 bits per heavy atom. The molecule has 0 bridgehead atoms. The number of nitrogens with one attached hydrogen (secondary N) is 1. The number of carbonyl (C=O) groups is 2. The quantitative estimate of drug-likeness (QED) is 0.258. The number of carbonyl (C=O) groups excluding carboxylic acids is 2. The van der Waals surface area contributed by atoms with Crippen LogP contribution in [0.2, 0.25) is 0 Å². The summed E-state index contributed by atoms with van der Waals surface area (Å²) < 4.78 is 35.8. The van der Waals surface area contributed by atoms with Gasteiger partial charge in [0, 0.05) is 30.1 Å². The highest BCUT2D eigenvalue weighted by atomic mass is 19.3. The largest absolute Gasteiger partial charge is 0.451 e. The van der Waals surface area contributed by atoms with E-state index in [-0.39, 0.29) is 30.8 Å². The molecule has 6 rings (SSSR count). The molecule has 210 valence electrons. The normalized spacial score (nSPS) is 18.5. The Balaban J connectivity index is 1.26. The van der Waals surface area contributed by atoms with Gasteiger partial charge in [0.1, 0.15) is 18.2 Å². The van der Waals surface area contributed by atoms with Crippen LogP contribution in [0.3, 0.4) is 0 Å². The Bertz CT molecular complexity index is 1670. The average Bonchev–Trinajstić information content (AvgIpc) is 3.34. The summed E-state index contributed by atoms with van der Waals surface area (Å²) in [4.78, 5) is 30.9. The molecule has 0 spiro atoms. The fourth-order valence-corrected chi connectivity index (χ4v) is 5.72. The van der Waals surface area contributed by atoms with Gasteiger partial charge in [-0.2, -0.15) is 5.10 Å². The zero-order valence-electron chi connectivity index (χ0n) is 22.8. The number of fused-ring (bicyclic) bond motifs is 1. The lowest BCUT2D eigenvalue weighted by Gasteiger charge is -2.39. The van der Waals surface area contributed by atoms with Crippen LogP contribution in [-0.2, 0) is 11.2 Å². The summed E-state index contributed by atoms with van der Waals surface area (Å²) >= 11 is 0. The van der Waals surface area contributed by atoms with Gasteiger partial charge in [-0.3, -0.25) is 9.59 Å². The van der Waals surface area contributed by atoms with Gasteiger partial charge in [0.2, 0.25) is 5.92 Å². The number of furan rings is 1. The number of aryl methyl sites for hydroxylation is 1. The van der Waals surface area contributed by atoms with E-state index in [0.717, 1.165) is 41.6 Å². The second kappa shape index (κ2) is 9.95. The van der Waals surface area contributed by atoms with Crippen molar-refractivity contribution >= 4 is 22.7 Å². The molecule has 0 atom stereocenters. The van der Waals surface area contributed by atoms with Crippen molar-refractivity contribution in [3.63, 3.8) is 0 Å². The van der Waals surface area contributed by atoms with Crippen LogP contribution in [0.5, 0.6) is 0 Å². The number of halogens is 2. The molecular formula is C32H30F2N4O3. The van der Waals surface area contributed by atoms with Crippen molar-refractivity contribution in [2.24, 2.45) is 5.41 Å². The lowest BCUT2D eigenvalue weighted by atomic mass is 9.74. The molecule has 0 radical (unpaired) electrons. The fourth-order valence-electron chi connectivity index (χ4n) is 5.72. The molecule has 2 aliphatic rings. The molecule has 2 aromatic carbocycles. The number of hydrogen-bond donors (Lipinski definition) is 1. The van der Waals surface area contributed by atoms with Crippen molar-refractivity contribution in [1.29, 1.82) is 0 Å². The Hall–Kier alpha value is -4.32. The number of benzene rings is 2. The van der Waals surface area contributed by atoms with E-state index in [1.165, 1.54) is 6.33 Å². The summed E-state index contributed by atoms with van der Waals surface area (Å²) in [6.45, 7) is 2.07.